The van der Waals surface area contributed by atoms with E-state index in [4.69, 9.17) is 23.2 Å². The van der Waals surface area contributed by atoms with Gasteiger partial charge in [-0.2, -0.15) is 0 Å². The quantitative estimate of drug-likeness (QED) is 0.792. The lowest BCUT2D eigenvalue weighted by Crippen LogP contribution is -2.28. The normalized spacial score (nSPS) is 11.1. The van der Waals surface area contributed by atoms with E-state index in [1.54, 1.807) is 6.07 Å². The molecule has 0 saturated heterocycles. The Hall–Kier alpha value is -0.280. The van der Waals surface area contributed by atoms with Gasteiger partial charge in [0.25, 0.3) is 0 Å². The highest BCUT2D eigenvalue weighted by Gasteiger charge is 2.00. The fourth-order valence-electron chi connectivity index (χ4n) is 1.32. The van der Waals surface area contributed by atoms with Gasteiger partial charge in [0.05, 0.1) is 0 Å². The van der Waals surface area contributed by atoms with Crippen molar-refractivity contribution in [3.63, 3.8) is 0 Å². The summed E-state index contributed by atoms with van der Waals surface area (Å²) in [4.78, 5) is 2.26. The van der Waals surface area contributed by atoms with E-state index in [9.17, 15) is 0 Å². The molecule has 0 unspecified atom stereocenters. The Balaban J connectivity index is 2.32. The van der Waals surface area contributed by atoms with E-state index in [1.165, 1.54) is 0 Å². The summed E-state index contributed by atoms with van der Waals surface area (Å²) >= 11 is 11.9. The summed E-state index contributed by atoms with van der Waals surface area (Å²) in [5.74, 6) is 0. The van der Waals surface area contributed by atoms with E-state index in [1.807, 2.05) is 12.1 Å². The van der Waals surface area contributed by atoms with Gasteiger partial charge in [-0.25, -0.2) is 0 Å². The molecule has 1 aromatic rings. The van der Waals surface area contributed by atoms with Crippen molar-refractivity contribution in [2.45, 2.75) is 13.5 Å². The number of hydrogen-bond acceptors (Lipinski definition) is 2. The highest BCUT2D eigenvalue weighted by Crippen LogP contribution is 2.20. The van der Waals surface area contributed by atoms with Crippen LogP contribution < -0.4 is 5.32 Å². The fraction of sp³-hybridized carbons (Fsp3) is 0.500. The molecule has 4 heteroatoms. The number of nitrogens with one attached hydrogen (secondary N) is 1. The van der Waals surface area contributed by atoms with Gasteiger partial charge in [-0.05, 0) is 31.3 Å². The van der Waals surface area contributed by atoms with Gasteiger partial charge < -0.3 is 10.2 Å². The monoisotopic (exact) mass is 260 g/mol. The van der Waals surface area contributed by atoms with Gasteiger partial charge in [0.15, 0.2) is 0 Å². The lowest BCUT2D eigenvalue weighted by molar-refractivity contribution is 0.349. The third-order valence-electron chi connectivity index (χ3n) is 2.54. The molecule has 0 radical (unpaired) electrons. The van der Waals surface area contributed by atoms with Crippen molar-refractivity contribution in [1.29, 1.82) is 0 Å². The van der Waals surface area contributed by atoms with E-state index in [0.29, 0.717) is 5.02 Å². The maximum absolute atomic E-state index is 6.06. The molecule has 0 aromatic heterocycles. The summed E-state index contributed by atoms with van der Waals surface area (Å²) in [7, 11) is 2.11. The van der Waals surface area contributed by atoms with Crippen molar-refractivity contribution in [3.8, 4) is 0 Å². The van der Waals surface area contributed by atoms with Crippen LogP contribution in [0.2, 0.25) is 10.0 Å². The van der Waals surface area contributed by atoms with E-state index < -0.39 is 0 Å². The second kappa shape index (κ2) is 7.13. The van der Waals surface area contributed by atoms with Crippen LogP contribution in [0, 0.1) is 0 Å². The van der Waals surface area contributed by atoms with Crippen LogP contribution in [0.4, 0.5) is 0 Å². The molecule has 0 atom stereocenters. The first kappa shape index (κ1) is 13.8. The maximum Gasteiger partial charge on any atom is 0.0465 e. The van der Waals surface area contributed by atoms with Crippen LogP contribution in [-0.4, -0.2) is 31.6 Å². The van der Waals surface area contributed by atoms with Crippen LogP contribution in [0.1, 0.15) is 12.5 Å². The highest BCUT2D eigenvalue weighted by molar-refractivity contribution is 6.35. The van der Waals surface area contributed by atoms with Crippen molar-refractivity contribution >= 4 is 23.2 Å². The first-order chi connectivity index (χ1) is 7.63. The molecule has 0 saturated carbocycles. The molecular weight excluding hydrogens is 243 g/mol. The molecule has 0 aliphatic heterocycles. The summed E-state index contributed by atoms with van der Waals surface area (Å²) in [6, 6.07) is 5.60. The van der Waals surface area contributed by atoms with Gasteiger partial charge in [0.2, 0.25) is 0 Å². The average Bonchev–Trinajstić information content (AvgIpc) is 2.26. The van der Waals surface area contributed by atoms with E-state index >= 15 is 0 Å². The molecule has 1 aromatic carbocycles. The van der Waals surface area contributed by atoms with Crippen molar-refractivity contribution < 1.29 is 0 Å². The van der Waals surface area contributed by atoms with Crippen molar-refractivity contribution in [2.75, 3.05) is 26.7 Å². The summed E-state index contributed by atoms with van der Waals surface area (Å²) in [5.41, 5.74) is 1.09. The molecule has 2 nitrogen and oxygen atoms in total. The zero-order chi connectivity index (χ0) is 12.0. The Bertz CT molecular complexity index is 329. The van der Waals surface area contributed by atoms with E-state index in [0.717, 1.165) is 36.8 Å². The number of nitrogens with zero attached hydrogens (tertiary/aromatic N) is 1. The third-order valence-corrected chi connectivity index (χ3v) is 3.13. The minimum absolute atomic E-state index is 0.680. The minimum atomic E-state index is 0.680. The molecular formula is C12H18Cl2N2. The van der Waals surface area contributed by atoms with E-state index in [-0.39, 0.29) is 0 Å². The largest absolute Gasteiger partial charge is 0.311 e. The molecule has 0 aliphatic rings. The molecule has 0 bridgehead atoms. The molecule has 0 heterocycles. The van der Waals surface area contributed by atoms with Crippen molar-refractivity contribution in [3.05, 3.63) is 33.8 Å². The van der Waals surface area contributed by atoms with Crippen LogP contribution in [0.5, 0.6) is 0 Å². The number of halogens is 2. The number of rotatable bonds is 6. The van der Waals surface area contributed by atoms with Crippen LogP contribution in [0.25, 0.3) is 0 Å². The fourth-order valence-corrected chi connectivity index (χ4v) is 1.79. The predicted octanol–water partition coefficient (Wildman–Crippen LogP) is 3.03. The molecule has 16 heavy (non-hydrogen) atoms. The highest BCUT2D eigenvalue weighted by atomic mass is 35.5. The SMILES string of the molecule is CCN(C)CCNCc1ccc(Cl)cc1Cl. The predicted molar refractivity (Wildman–Crippen MR) is 71.3 cm³/mol. The zero-order valence-electron chi connectivity index (χ0n) is 9.76. The zero-order valence-corrected chi connectivity index (χ0v) is 11.3. The molecule has 0 fully saturated rings. The number of hydrogen-bond donors (Lipinski definition) is 1. The second-order valence-corrected chi connectivity index (χ2v) is 4.65. The number of likely N-dealkylation sites (N-methyl/N-ethyl adjacent to an activating group) is 1. The molecule has 0 spiro atoms. The Morgan fingerprint density at radius 3 is 2.69 bits per heavy atom. The van der Waals surface area contributed by atoms with Gasteiger partial charge in [-0.15, -0.1) is 0 Å². The Labute approximate surface area is 108 Å². The summed E-state index contributed by atoms with van der Waals surface area (Å²) in [6.45, 7) is 6.01. The first-order valence-electron chi connectivity index (χ1n) is 5.46. The van der Waals surface area contributed by atoms with Gasteiger partial charge in [-0.1, -0.05) is 36.2 Å². The average molecular weight is 261 g/mol. The summed E-state index contributed by atoms with van der Waals surface area (Å²) in [5, 5.41) is 4.76. The molecule has 90 valence electrons. The summed E-state index contributed by atoms with van der Waals surface area (Å²) < 4.78 is 0. The molecule has 0 amide bonds. The van der Waals surface area contributed by atoms with Crippen molar-refractivity contribution in [1.82, 2.24) is 10.2 Å². The lowest BCUT2D eigenvalue weighted by Gasteiger charge is -2.14. The van der Waals surface area contributed by atoms with Crippen LogP contribution in [0.15, 0.2) is 18.2 Å². The second-order valence-electron chi connectivity index (χ2n) is 3.81. The minimum Gasteiger partial charge on any atom is -0.311 e. The molecule has 0 aliphatic carbocycles. The van der Waals surface area contributed by atoms with Gasteiger partial charge in [0, 0.05) is 29.7 Å². The smallest absolute Gasteiger partial charge is 0.0465 e. The Morgan fingerprint density at radius 2 is 2.06 bits per heavy atom. The van der Waals surface area contributed by atoms with Crippen LogP contribution >= 0.6 is 23.2 Å². The summed E-state index contributed by atoms with van der Waals surface area (Å²) in [6.07, 6.45) is 0. The standard InChI is InChI=1S/C12H18Cl2N2/c1-3-16(2)7-6-15-9-10-4-5-11(13)8-12(10)14/h4-5,8,15H,3,6-7,9H2,1-2H3. The van der Waals surface area contributed by atoms with Crippen LogP contribution in [0.3, 0.4) is 0 Å². The van der Waals surface area contributed by atoms with Gasteiger partial charge in [0.1, 0.15) is 0 Å². The van der Waals surface area contributed by atoms with Crippen molar-refractivity contribution in [2.24, 2.45) is 0 Å². The molecule has 1 N–H and O–H groups in total. The topological polar surface area (TPSA) is 15.3 Å². The lowest BCUT2D eigenvalue weighted by atomic mass is 10.2. The number of benzene rings is 1. The van der Waals surface area contributed by atoms with Gasteiger partial charge >= 0.3 is 0 Å². The van der Waals surface area contributed by atoms with Gasteiger partial charge in [-0.3, -0.25) is 0 Å². The Morgan fingerprint density at radius 1 is 1.31 bits per heavy atom. The van der Waals surface area contributed by atoms with Crippen LogP contribution in [-0.2, 0) is 6.54 Å². The third kappa shape index (κ3) is 4.71. The maximum atomic E-state index is 6.06. The Kier molecular flexibility index (Phi) is 6.14. The first-order valence-corrected chi connectivity index (χ1v) is 6.22. The molecule has 1 rings (SSSR count). The van der Waals surface area contributed by atoms with E-state index in [2.05, 4.69) is 24.2 Å².